The van der Waals surface area contributed by atoms with E-state index in [1.807, 2.05) is 0 Å². The van der Waals surface area contributed by atoms with Gasteiger partial charge in [-0.25, -0.2) is 0 Å². The molecule has 0 saturated heterocycles. The SMILES string of the molecule is COc1cc(C)c(C(=O)c2c(OC(F)F)ccc3ccccc23)c(OC)c1OC. The highest BCUT2D eigenvalue weighted by atomic mass is 19.3. The summed E-state index contributed by atoms with van der Waals surface area (Å²) in [4.78, 5) is 13.6. The van der Waals surface area contributed by atoms with E-state index in [4.69, 9.17) is 14.2 Å². The van der Waals surface area contributed by atoms with E-state index in [2.05, 4.69) is 4.74 Å². The summed E-state index contributed by atoms with van der Waals surface area (Å²) in [7, 11) is 4.29. The summed E-state index contributed by atoms with van der Waals surface area (Å²) in [5.41, 5.74) is 0.748. The molecule has 0 aliphatic rings. The van der Waals surface area contributed by atoms with Gasteiger partial charge in [0, 0.05) is 0 Å². The number of halogens is 2. The third-order valence-corrected chi connectivity index (χ3v) is 4.59. The molecule has 152 valence electrons. The van der Waals surface area contributed by atoms with Crippen molar-refractivity contribution in [3.63, 3.8) is 0 Å². The van der Waals surface area contributed by atoms with Crippen LogP contribution in [0.15, 0.2) is 42.5 Å². The predicted molar refractivity (Wildman–Crippen MR) is 105 cm³/mol. The lowest BCUT2D eigenvalue weighted by molar-refractivity contribution is -0.0500. The van der Waals surface area contributed by atoms with E-state index in [1.165, 1.54) is 27.4 Å². The van der Waals surface area contributed by atoms with Crippen molar-refractivity contribution < 1.29 is 32.5 Å². The number of alkyl halides is 2. The smallest absolute Gasteiger partial charge is 0.387 e. The molecule has 0 aliphatic carbocycles. The van der Waals surface area contributed by atoms with Crippen molar-refractivity contribution in [2.45, 2.75) is 13.5 Å². The number of rotatable bonds is 7. The Morgan fingerprint density at radius 3 is 2.17 bits per heavy atom. The molecule has 29 heavy (non-hydrogen) atoms. The van der Waals surface area contributed by atoms with E-state index < -0.39 is 12.4 Å². The van der Waals surface area contributed by atoms with Crippen molar-refractivity contribution in [3.8, 4) is 23.0 Å². The molecule has 0 fully saturated rings. The van der Waals surface area contributed by atoms with Crippen LogP contribution in [0, 0.1) is 6.92 Å². The first-order chi connectivity index (χ1) is 13.9. The highest BCUT2D eigenvalue weighted by Gasteiger charge is 2.28. The number of carbonyl (C=O) groups is 1. The Bertz CT molecular complexity index is 1060. The molecule has 0 spiro atoms. The van der Waals surface area contributed by atoms with E-state index in [-0.39, 0.29) is 28.4 Å². The Balaban J connectivity index is 2.33. The zero-order chi connectivity index (χ0) is 21.1. The summed E-state index contributed by atoms with van der Waals surface area (Å²) < 4.78 is 46.8. The molecule has 7 heteroatoms. The molecule has 3 aromatic rings. The highest BCUT2D eigenvalue weighted by molar-refractivity contribution is 6.20. The molecule has 0 heterocycles. The molecule has 0 atom stereocenters. The minimum Gasteiger partial charge on any atom is -0.493 e. The number of aryl methyl sites for hydroxylation is 1. The topological polar surface area (TPSA) is 54.0 Å². The molecule has 5 nitrogen and oxygen atoms in total. The number of ketones is 1. The van der Waals surface area contributed by atoms with E-state index in [0.29, 0.717) is 16.7 Å². The Morgan fingerprint density at radius 2 is 1.55 bits per heavy atom. The monoisotopic (exact) mass is 402 g/mol. The maximum absolute atomic E-state index is 13.6. The summed E-state index contributed by atoms with van der Waals surface area (Å²) in [5.74, 6) is 0.0545. The van der Waals surface area contributed by atoms with Gasteiger partial charge >= 0.3 is 6.61 Å². The fraction of sp³-hybridized carbons (Fsp3) is 0.227. The van der Waals surface area contributed by atoms with Crippen molar-refractivity contribution >= 4 is 16.6 Å². The van der Waals surface area contributed by atoms with Crippen molar-refractivity contribution in [3.05, 3.63) is 59.2 Å². The molecule has 0 saturated carbocycles. The predicted octanol–water partition coefficient (Wildman–Crippen LogP) is 5.01. The van der Waals surface area contributed by atoms with Gasteiger partial charge in [0.25, 0.3) is 0 Å². The molecule has 0 radical (unpaired) electrons. The first kappa shape index (κ1) is 20.4. The van der Waals surface area contributed by atoms with Gasteiger partial charge < -0.3 is 18.9 Å². The van der Waals surface area contributed by atoms with Crippen LogP contribution in [0.2, 0.25) is 0 Å². The standard InChI is InChI=1S/C22H20F2O5/c1-12-11-16(26-2)20(27-3)21(28-4)17(12)19(25)18-14-8-6-5-7-13(14)9-10-15(18)29-22(23)24/h5-11,22H,1-4H3. The molecular formula is C22H20F2O5. The third-order valence-electron chi connectivity index (χ3n) is 4.59. The van der Waals surface area contributed by atoms with Gasteiger partial charge in [0.05, 0.1) is 32.5 Å². The van der Waals surface area contributed by atoms with Crippen LogP contribution >= 0.6 is 0 Å². The average Bonchev–Trinajstić information content (AvgIpc) is 2.71. The summed E-state index contributed by atoms with van der Waals surface area (Å²) in [6, 6.07) is 11.6. The summed E-state index contributed by atoms with van der Waals surface area (Å²) in [6.07, 6.45) is 0. The minimum atomic E-state index is -3.07. The second-order valence-electron chi connectivity index (χ2n) is 6.20. The zero-order valence-corrected chi connectivity index (χ0v) is 16.4. The fourth-order valence-electron chi connectivity index (χ4n) is 3.37. The van der Waals surface area contributed by atoms with Gasteiger partial charge in [-0.05, 0) is 35.4 Å². The average molecular weight is 402 g/mol. The summed E-state index contributed by atoms with van der Waals surface area (Å²) in [6.45, 7) is -1.37. The van der Waals surface area contributed by atoms with E-state index in [9.17, 15) is 13.6 Å². The van der Waals surface area contributed by atoms with Crippen molar-refractivity contribution in [1.82, 2.24) is 0 Å². The second-order valence-corrected chi connectivity index (χ2v) is 6.20. The largest absolute Gasteiger partial charge is 0.493 e. The lowest BCUT2D eigenvalue weighted by Crippen LogP contribution is -2.12. The zero-order valence-electron chi connectivity index (χ0n) is 16.4. The van der Waals surface area contributed by atoms with E-state index in [1.54, 1.807) is 43.3 Å². The Morgan fingerprint density at radius 1 is 0.862 bits per heavy atom. The van der Waals surface area contributed by atoms with Gasteiger partial charge in [0.2, 0.25) is 11.5 Å². The quantitative estimate of drug-likeness (QED) is 0.520. The summed E-state index contributed by atoms with van der Waals surface area (Å²) in [5, 5.41) is 1.21. The van der Waals surface area contributed by atoms with Gasteiger partial charge in [-0.1, -0.05) is 30.3 Å². The molecular weight excluding hydrogens is 382 g/mol. The van der Waals surface area contributed by atoms with Gasteiger partial charge in [-0.3, -0.25) is 4.79 Å². The van der Waals surface area contributed by atoms with Gasteiger partial charge in [0.1, 0.15) is 5.75 Å². The number of fused-ring (bicyclic) bond motifs is 1. The minimum absolute atomic E-state index is 0.0250. The van der Waals surface area contributed by atoms with E-state index in [0.717, 1.165) is 5.39 Å². The van der Waals surface area contributed by atoms with Crippen LogP contribution in [0.5, 0.6) is 23.0 Å². The van der Waals surface area contributed by atoms with Gasteiger partial charge in [-0.2, -0.15) is 8.78 Å². The number of hydrogen-bond donors (Lipinski definition) is 0. The molecule has 0 aliphatic heterocycles. The molecule has 0 amide bonds. The third kappa shape index (κ3) is 3.68. The van der Waals surface area contributed by atoms with Gasteiger partial charge in [0.15, 0.2) is 11.5 Å². The summed E-state index contributed by atoms with van der Waals surface area (Å²) >= 11 is 0. The number of methoxy groups -OCH3 is 3. The molecule has 0 N–H and O–H groups in total. The van der Waals surface area contributed by atoms with Crippen LogP contribution in [0.1, 0.15) is 21.5 Å². The van der Waals surface area contributed by atoms with E-state index >= 15 is 0 Å². The molecule has 0 unspecified atom stereocenters. The van der Waals surface area contributed by atoms with Crippen molar-refractivity contribution in [2.75, 3.05) is 21.3 Å². The molecule has 0 bridgehead atoms. The molecule has 3 aromatic carbocycles. The number of carbonyl (C=O) groups excluding carboxylic acids is 1. The van der Waals surface area contributed by atoms with Crippen molar-refractivity contribution in [2.24, 2.45) is 0 Å². The van der Waals surface area contributed by atoms with Crippen LogP contribution in [-0.4, -0.2) is 33.7 Å². The van der Waals surface area contributed by atoms with Crippen LogP contribution in [-0.2, 0) is 0 Å². The lowest BCUT2D eigenvalue weighted by atomic mass is 9.92. The normalized spacial score (nSPS) is 10.9. The number of benzene rings is 3. The van der Waals surface area contributed by atoms with Crippen LogP contribution < -0.4 is 18.9 Å². The Hall–Kier alpha value is -3.35. The molecule has 0 aromatic heterocycles. The number of hydrogen-bond acceptors (Lipinski definition) is 5. The first-order valence-corrected chi connectivity index (χ1v) is 8.73. The molecule has 3 rings (SSSR count). The lowest BCUT2D eigenvalue weighted by Gasteiger charge is -2.19. The van der Waals surface area contributed by atoms with Gasteiger partial charge in [-0.15, -0.1) is 0 Å². The fourth-order valence-corrected chi connectivity index (χ4v) is 3.37. The van der Waals surface area contributed by atoms with Crippen LogP contribution in [0.25, 0.3) is 10.8 Å². The van der Waals surface area contributed by atoms with Crippen LogP contribution in [0.4, 0.5) is 8.78 Å². The highest BCUT2D eigenvalue weighted by Crippen LogP contribution is 2.44. The van der Waals surface area contributed by atoms with Crippen molar-refractivity contribution in [1.29, 1.82) is 0 Å². The van der Waals surface area contributed by atoms with Crippen LogP contribution in [0.3, 0.4) is 0 Å². The Labute approximate surface area is 166 Å². The first-order valence-electron chi connectivity index (χ1n) is 8.73. The Kier molecular flexibility index (Phi) is 5.87. The maximum atomic E-state index is 13.6. The second kappa shape index (κ2) is 8.34. The maximum Gasteiger partial charge on any atom is 0.387 e. The number of ether oxygens (including phenoxy) is 4.